The first-order valence-corrected chi connectivity index (χ1v) is 17.2. The smallest absolute Gasteiger partial charge is 0.338 e. The zero-order valence-electron chi connectivity index (χ0n) is 31.3. The van der Waals surface area contributed by atoms with Gasteiger partial charge in [-0.15, -0.1) is 21.9 Å². The van der Waals surface area contributed by atoms with Crippen molar-refractivity contribution in [2.45, 2.75) is 13.5 Å². The number of halogens is 20. The summed E-state index contributed by atoms with van der Waals surface area (Å²) < 4.78 is 301. The van der Waals surface area contributed by atoms with E-state index < -0.39 is 144 Å². The standard InChI is InChI=1S/C24BF20.C15H15N2O3/c26-5-1(6(27)14(35)21(42)13(5)34)25(2-7(28)15(36)22(43)16(37)8(2)29,3-9(30)17(38)23(44)18(39)10(3)31)4-11(32)19(40)24(45)20(41)12(4)33;1-2-20-15(19)13-5-3-12(4-6-13)14(18)11-17-9-7-16-8-10-17/h;3-10H,2,11H2,1H3/q-1;+1. The third-order valence-corrected chi connectivity index (χ3v) is 9.44. The van der Waals surface area contributed by atoms with Crippen LogP contribution >= 0.6 is 0 Å². The zero-order valence-corrected chi connectivity index (χ0v) is 31.3. The number of hydrogen-bond acceptors (Lipinski definition) is 4. The molecule has 6 aromatic rings. The topological polar surface area (TPSA) is 60.1 Å². The molecule has 0 atom stereocenters. The molecular weight excluding hydrogens is 935 g/mol. The predicted octanol–water partition coefficient (Wildman–Crippen LogP) is 7.27. The molecule has 0 aliphatic carbocycles. The quantitative estimate of drug-likeness (QED) is 0.0291. The van der Waals surface area contributed by atoms with Crippen LogP contribution in [0.4, 0.5) is 87.8 Å². The van der Waals surface area contributed by atoms with Crippen LogP contribution < -0.4 is 26.4 Å². The fourth-order valence-electron chi connectivity index (χ4n) is 6.59. The number of nitrogens with zero attached hydrogens (tertiary/aromatic N) is 2. The van der Waals surface area contributed by atoms with E-state index in [1.807, 2.05) is 0 Å². The Morgan fingerprint density at radius 2 is 0.677 bits per heavy atom. The molecule has 65 heavy (non-hydrogen) atoms. The summed E-state index contributed by atoms with van der Waals surface area (Å²) in [5.74, 6) is -71.8. The van der Waals surface area contributed by atoms with Crippen LogP contribution in [0, 0.1) is 116 Å². The van der Waals surface area contributed by atoms with Crippen molar-refractivity contribution in [3.63, 3.8) is 0 Å². The highest BCUT2D eigenvalue weighted by atomic mass is 19.2. The van der Waals surface area contributed by atoms with E-state index in [1.54, 1.807) is 60.5 Å². The summed E-state index contributed by atoms with van der Waals surface area (Å²) in [6.07, 6.45) is -0.519. The van der Waals surface area contributed by atoms with E-state index in [-0.39, 0.29) is 18.3 Å². The molecule has 0 aliphatic heterocycles. The van der Waals surface area contributed by atoms with Gasteiger partial charge in [-0.1, -0.05) is 12.1 Å². The zero-order chi connectivity index (χ0) is 48.7. The summed E-state index contributed by atoms with van der Waals surface area (Å²) in [4.78, 5) is 27.5. The second kappa shape index (κ2) is 18.6. The lowest BCUT2D eigenvalue weighted by atomic mass is 9.12. The Morgan fingerprint density at radius 3 is 0.938 bits per heavy atom. The number of ketones is 1. The van der Waals surface area contributed by atoms with Gasteiger partial charge in [-0.25, -0.2) is 92.6 Å². The van der Waals surface area contributed by atoms with Crippen molar-refractivity contribution in [1.29, 1.82) is 0 Å². The summed E-state index contributed by atoms with van der Waals surface area (Å²) in [5, 5.41) is 0. The van der Waals surface area contributed by atoms with Crippen molar-refractivity contribution >= 4 is 39.7 Å². The SMILES string of the molecule is CCOC(=O)c1ccc(C(=O)C[n+]2ccncc2)cc1.Fc1c(F)c(F)c([B-](c2c(F)c(F)c(F)c(F)c2F)(c2c(F)c(F)c(F)c(F)c2F)c2c(F)c(F)c(F)c(F)c2F)c(F)c1F. The largest absolute Gasteiger partial charge is 0.462 e. The number of esters is 1. The summed E-state index contributed by atoms with van der Waals surface area (Å²) in [5.41, 5.74) is -13.3. The molecule has 0 saturated carbocycles. The molecule has 0 unspecified atom stereocenters. The van der Waals surface area contributed by atoms with Crippen LogP contribution in [0.1, 0.15) is 27.6 Å². The minimum atomic E-state index is -7.22. The Hall–Kier alpha value is -7.02. The van der Waals surface area contributed by atoms with Crippen molar-refractivity contribution in [3.8, 4) is 0 Å². The van der Waals surface area contributed by atoms with Crippen LogP contribution in [-0.4, -0.2) is 29.5 Å². The maximum atomic E-state index is 15.4. The first-order chi connectivity index (χ1) is 30.4. The van der Waals surface area contributed by atoms with Crippen molar-refractivity contribution in [2.24, 2.45) is 0 Å². The number of aromatic nitrogens is 2. The average molecular weight is 950 g/mol. The van der Waals surface area contributed by atoms with Crippen LogP contribution in [0.15, 0.2) is 49.1 Å². The van der Waals surface area contributed by atoms with Crippen molar-refractivity contribution in [3.05, 3.63) is 177 Å². The van der Waals surface area contributed by atoms with Crippen LogP contribution in [0.5, 0.6) is 0 Å². The first kappa shape index (κ1) is 49.0. The maximum Gasteiger partial charge on any atom is 0.338 e. The Bertz CT molecular complexity index is 2520. The highest BCUT2D eigenvalue weighted by molar-refractivity contribution is 7.20. The van der Waals surface area contributed by atoms with Gasteiger partial charge >= 0.3 is 5.97 Å². The van der Waals surface area contributed by atoms with Gasteiger partial charge in [-0.3, -0.25) is 9.78 Å². The fourth-order valence-corrected chi connectivity index (χ4v) is 6.59. The first-order valence-electron chi connectivity index (χ1n) is 17.2. The van der Waals surface area contributed by atoms with Crippen molar-refractivity contribution in [2.75, 3.05) is 6.61 Å². The molecule has 0 saturated heterocycles. The van der Waals surface area contributed by atoms with E-state index in [9.17, 15) is 62.3 Å². The summed E-state index contributed by atoms with van der Waals surface area (Å²) in [7, 11) is 0. The van der Waals surface area contributed by atoms with Gasteiger partial charge in [0.2, 0.25) is 12.3 Å². The van der Waals surface area contributed by atoms with E-state index >= 15 is 35.1 Å². The van der Waals surface area contributed by atoms with Gasteiger partial charge in [0.15, 0.2) is 82.2 Å². The van der Waals surface area contributed by atoms with Gasteiger partial charge in [0.25, 0.3) is 0 Å². The normalized spacial score (nSPS) is 11.4. The minimum Gasteiger partial charge on any atom is -0.462 e. The lowest BCUT2D eigenvalue weighted by Gasteiger charge is -2.44. The monoisotopic (exact) mass is 950 g/mol. The lowest BCUT2D eigenvalue weighted by molar-refractivity contribution is -0.683. The molecule has 342 valence electrons. The fraction of sp³-hybridized carbons (Fsp3) is 0.0769. The van der Waals surface area contributed by atoms with Gasteiger partial charge in [0.05, 0.1) is 24.6 Å². The van der Waals surface area contributed by atoms with Gasteiger partial charge in [-0.2, -0.15) is 4.57 Å². The lowest BCUT2D eigenvalue weighted by Crippen LogP contribution is -2.81. The highest BCUT2D eigenvalue weighted by Gasteiger charge is 2.52. The Kier molecular flexibility index (Phi) is 14.0. The third-order valence-electron chi connectivity index (χ3n) is 9.44. The van der Waals surface area contributed by atoms with Crippen LogP contribution in [0.25, 0.3) is 0 Å². The van der Waals surface area contributed by atoms with E-state index in [0.29, 0.717) is 17.7 Å². The molecule has 0 radical (unpaired) electrons. The molecular formula is C39H15BF20N2O3. The van der Waals surface area contributed by atoms with E-state index in [1.165, 1.54) is 0 Å². The molecule has 0 aliphatic rings. The Balaban J connectivity index is 0.000000330. The van der Waals surface area contributed by atoms with Crippen LogP contribution in [-0.2, 0) is 11.3 Å². The minimum absolute atomic E-state index is 0.0309. The van der Waals surface area contributed by atoms with Gasteiger partial charge in [0.1, 0.15) is 52.7 Å². The molecule has 6 rings (SSSR count). The molecule has 0 amide bonds. The second-order valence-corrected chi connectivity index (χ2v) is 12.9. The number of carbonyl (C=O) groups is 2. The maximum absolute atomic E-state index is 15.4. The van der Waals surface area contributed by atoms with Gasteiger partial charge in [0, 0.05) is 5.56 Å². The molecule has 0 bridgehead atoms. The van der Waals surface area contributed by atoms with Gasteiger partial charge < -0.3 is 4.74 Å². The predicted molar refractivity (Wildman–Crippen MR) is 180 cm³/mol. The summed E-state index contributed by atoms with van der Waals surface area (Å²) in [6.45, 7) is 2.32. The Labute approximate surface area is 348 Å². The number of rotatable bonds is 9. The van der Waals surface area contributed by atoms with Crippen molar-refractivity contribution in [1.82, 2.24) is 4.98 Å². The molecule has 5 aromatic carbocycles. The number of carbonyl (C=O) groups excluding carboxylic acids is 2. The number of hydrogen-bond donors (Lipinski definition) is 0. The third kappa shape index (κ3) is 8.08. The molecule has 0 fully saturated rings. The molecule has 1 heterocycles. The molecule has 0 spiro atoms. The summed E-state index contributed by atoms with van der Waals surface area (Å²) >= 11 is 0. The number of Topliss-reactive ketones (excluding diaryl/α,β-unsaturated/α-hetero) is 1. The average Bonchev–Trinajstić information content (AvgIpc) is 3.29. The Morgan fingerprint density at radius 1 is 0.431 bits per heavy atom. The molecule has 5 nitrogen and oxygen atoms in total. The van der Waals surface area contributed by atoms with Crippen molar-refractivity contribution < 1.29 is 107 Å². The molecule has 1 aromatic heterocycles. The van der Waals surface area contributed by atoms with E-state index in [0.717, 1.165) is 0 Å². The number of benzene rings is 5. The summed E-state index contributed by atoms with van der Waals surface area (Å²) in [6, 6.07) is 6.47. The van der Waals surface area contributed by atoms with Crippen LogP contribution in [0.2, 0.25) is 0 Å². The van der Waals surface area contributed by atoms with Crippen LogP contribution in [0.3, 0.4) is 0 Å². The highest BCUT2D eigenvalue weighted by Crippen LogP contribution is 2.30. The van der Waals surface area contributed by atoms with Gasteiger partial charge in [-0.05, 0) is 19.1 Å². The molecule has 26 heteroatoms. The van der Waals surface area contributed by atoms with E-state index in [4.69, 9.17) is 4.74 Å². The van der Waals surface area contributed by atoms with E-state index in [2.05, 4.69) is 4.98 Å². The molecule has 0 N–H and O–H groups in total. The number of ether oxygens (including phenoxy) is 1. The second-order valence-electron chi connectivity index (χ2n) is 12.9.